The van der Waals surface area contributed by atoms with Gasteiger partial charge < -0.3 is 10.2 Å². The Morgan fingerprint density at radius 1 is 1.48 bits per heavy atom. The highest BCUT2D eigenvalue weighted by Crippen LogP contribution is 2.29. The van der Waals surface area contributed by atoms with E-state index in [9.17, 15) is 0 Å². The molecular weight excluding hydrogens is 306 g/mol. The second-order valence-electron chi connectivity index (χ2n) is 7.17. The molecule has 1 aliphatic rings. The fourth-order valence-corrected chi connectivity index (χ4v) is 4.13. The van der Waals surface area contributed by atoms with Crippen molar-refractivity contribution in [1.29, 1.82) is 0 Å². The predicted molar refractivity (Wildman–Crippen MR) is 100 cm³/mol. The third kappa shape index (κ3) is 5.16. The van der Waals surface area contributed by atoms with Gasteiger partial charge in [-0.15, -0.1) is 0 Å². The molecule has 0 amide bonds. The molecule has 1 aliphatic heterocycles. The second kappa shape index (κ2) is 7.60. The Balaban J connectivity index is 1.86. The highest BCUT2D eigenvalue weighted by molar-refractivity contribution is 8.00. The minimum absolute atomic E-state index is 0.297. The molecule has 6 heteroatoms. The molecule has 1 N–H and O–H groups in total. The zero-order chi connectivity index (χ0) is 17.0. The van der Waals surface area contributed by atoms with Crippen LogP contribution in [0.2, 0.25) is 0 Å². The van der Waals surface area contributed by atoms with E-state index < -0.39 is 0 Å². The van der Waals surface area contributed by atoms with Crippen molar-refractivity contribution in [1.82, 2.24) is 20.0 Å². The zero-order valence-electron chi connectivity index (χ0n) is 15.4. The summed E-state index contributed by atoms with van der Waals surface area (Å²) in [4.78, 5) is 6.86. The van der Waals surface area contributed by atoms with E-state index in [2.05, 4.69) is 58.8 Å². The van der Waals surface area contributed by atoms with Gasteiger partial charge in [0.05, 0.1) is 5.69 Å². The van der Waals surface area contributed by atoms with Crippen LogP contribution in [0.15, 0.2) is 11.1 Å². The van der Waals surface area contributed by atoms with Crippen LogP contribution >= 0.6 is 11.8 Å². The third-order valence-electron chi connectivity index (χ3n) is 4.13. The predicted octanol–water partition coefficient (Wildman–Crippen LogP) is 2.54. The topological polar surface area (TPSA) is 45.5 Å². The molecule has 1 atom stereocenters. The summed E-state index contributed by atoms with van der Waals surface area (Å²) in [6, 6.07) is 2.13. The van der Waals surface area contributed by atoms with Gasteiger partial charge in [-0.25, -0.2) is 0 Å². The Hall–Kier alpha value is -1.17. The van der Waals surface area contributed by atoms with Gasteiger partial charge in [-0.2, -0.15) is 16.9 Å². The van der Waals surface area contributed by atoms with Crippen LogP contribution < -0.4 is 5.32 Å². The summed E-state index contributed by atoms with van der Waals surface area (Å²) >= 11 is 2.05. The first kappa shape index (κ1) is 18.2. The summed E-state index contributed by atoms with van der Waals surface area (Å²) in [7, 11) is 1.88. The molecule has 2 heterocycles. The first-order chi connectivity index (χ1) is 10.8. The quantitative estimate of drug-likeness (QED) is 0.677. The fraction of sp³-hybridized carbons (Fsp3) is 0.765. The van der Waals surface area contributed by atoms with Gasteiger partial charge in [0.2, 0.25) is 0 Å². The summed E-state index contributed by atoms with van der Waals surface area (Å²) in [5.74, 6) is 2.69. The van der Waals surface area contributed by atoms with Crippen LogP contribution in [-0.4, -0.2) is 57.8 Å². The van der Waals surface area contributed by atoms with Gasteiger partial charge in [-0.3, -0.25) is 9.67 Å². The molecule has 2 rings (SSSR count). The van der Waals surface area contributed by atoms with Gasteiger partial charge >= 0.3 is 0 Å². The van der Waals surface area contributed by atoms with Gasteiger partial charge in [0.1, 0.15) is 0 Å². The van der Waals surface area contributed by atoms with E-state index in [1.54, 1.807) is 0 Å². The Morgan fingerprint density at radius 3 is 2.78 bits per heavy atom. The zero-order valence-corrected chi connectivity index (χ0v) is 16.2. The number of aliphatic imine (C=N–C) groups is 1. The lowest BCUT2D eigenvalue weighted by Crippen LogP contribution is -2.51. The largest absolute Gasteiger partial charge is 0.356 e. The van der Waals surface area contributed by atoms with Crippen molar-refractivity contribution in [3.8, 4) is 0 Å². The molecular formula is C17H31N5S. The van der Waals surface area contributed by atoms with Crippen LogP contribution in [0.4, 0.5) is 0 Å². The van der Waals surface area contributed by atoms with Crippen molar-refractivity contribution in [3.05, 3.63) is 17.5 Å². The number of nitrogens with one attached hydrogen (secondary N) is 1. The number of guanidine groups is 1. The SMILES string of the molecule is CN=C(NCC(C)Cn1nc(C)cc1C)N1CCSC(C)(C)C1. The summed E-state index contributed by atoms with van der Waals surface area (Å²) in [6.45, 7) is 15.0. The molecule has 1 unspecified atom stereocenters. The van der Waals surface area contributed by atoms with E-state index in [-0.39, 0.29) is 0 Å². The normalized spacial score (nSPS) is 19.7. The number of aromatic nitrogens is 2. The Bertz CT molecular complexity index is 549. The average molecular weight is 338 g/mol. The lowest BCUT2D eigenvalue weighted by molar-refractivity contribution is 0.366. The summed E-state index contributed by atoms with van der Waals surface area (Å²) < 4.78 is 2.40. The van der Waals surface area contributed by atoms with Crippen molar-refractivity contribution >= 4 is 17.7 Å². The molecule has 1 aromatic heterocycles. The lowest BCUT2D eigenvalue weighted by Gasteiger charge is -2.39. The molecule has 5 nitrogen and oxygen atoms in total. The Morgan fingerprint density at radius 2 is 2.22 bits per heavy atom. The molecule has 1 fully saturated rings. The van der Waals surface area contributed by atoms with E-state index in [1.165, 1.54) is 5.69 Å². The molecule has 0 radical (unpaired) electrons. The lowest BCUT2D eigenvalue weighted by atomic mass is 10.1. The maximum absolute atomic E-state index is 4.55. The smallest absolute Gasteiger partial charge is 0.193 e. The van der Waals surface area contributed by atoms with Crippen molar-refractivity contribution < 1.29 is 0 Å². The summed E-state index contributed by atoms with van der Waals surface area (Å²) in [6.07, 6.45) is 0. The number of hydrogen-bond donors (Lipinski definition) is 1. The molecule has 0 aromatic carbocycles. The van der Waals surface area contributed by atoms with Crippen LogP contribution in [-0.2, 0) is 6.54 Å². The average Bonchev–Trinajstić information content (AvgIpc) is 2.76. The van der Waals surface area contributed by atoms with Crippen molar-refractivity contribution in [2.75, 3.05) is 32.4 Å². The standard InChI is InChI=1S/C17H31N5S/c1-13(11-22-15(3)9-14(2)20-22)10-19-16(18-6)21-7-8-23-17(4,5)12-21/h9,13H,7-8,10-12H2,1-6H3,(H,18,19). The van der Waals surface area contributed by atoms with Crippen LogP contribution in [0.1, 0.15) is 32.2 Å². The molecule has 130 valence electrons. The number of rotatable bonds is 4. The number of thioether (sulfide) groups is 1. The van der Waals surface area contributed by atoms with Gasteiger partial charge in [-0.05, 0) is 39.7 Å². The van der Waals surface area contributed by atoms with Crippen molar-refractivity contribution in [3.63, 3.8) is 0 Å². The molecule has 1 saturated heterocycles. The third-order valence-corrected chi connectivity index (χ3v) is 5.43. The van der Waals surface area contributed by atoms with Crippen LogP contribution in [0.5, 0.6) is 0 Å². The highest BCUT2D eigenvalue weighted by Gasteiger charge is 2.28. The molecule has 0 saturated carbocycles. The molecule has 0 aliphatic carbocycles. The first-order valence-electron chi connectivity index (χ1n) is 8.41. The fourth-order valence-electron chi connectivity index (χ4n) is 3.01. The first-order valence-corrected chi connectivity index (χ1v) is 9.40. The Kier molecular flexibility index (Phi) is 6.00. The van der Waals surface area contributed by atoms with Crippen LogP contribution in [0.25, 0.3) is 0 Å². The molecule has 1 aromatic rings. The van der Waals surface area contributed by atoms with Gasteiger partial charge in [0.15, 0.2) is 5.96 Å². The van der Waals surface area contributed by atoms with E-state index in [0.717, 1.165) is 43.6 Å². The number of aryl methyl sites for hydroxylation is 2. The van der Waals surface area contributed by atoms with Crippen molar-refractivity contribution in [2.24, 2.45) is 10.9 Å². The van der Waals surface area contributed by atoms with E-state index in [4.69, 9.17) is 0 Å². The molecule has 0 bridgehead atoms. The van der Waals surface area contributed by atoms with E-state index in [0.29, 0.717) is 10.7 Å². The highest BCUT2D eigenvalue weighted by atomic mass is 32.2. The summed E-state index contributed by atoms with van der Waals surface area (Å²) in [5, 5.41) is 8.10. The van der Waals surface area contributed by atoms with E-state index >= 15 is 0 Å². The minimum atomic E-state index is 0.297. The monoisotopic (exact) mass is 337 g/mol. The number of hydrogen-bond acceptors (Lipinski definition) is 3. The van der Waals surface area contributed by atoms with Crippen LogP contribution in [0.3, 0.4) is 0 Å². The van der Waals surface area contributed by atoms with E-state index in [1.807, 2.05) is 25.7 Å². The van der Waals surface area contributed by atoms with Gasteiger partial charge in [-0.1, -0.05) is 6.92 Å². The van der Waals surface area contributed by atoms with Gasteiger partial charge in [0.25, 0.3) is 0 Å². The maximum Gasteiger partial charge on any atom is 0.193 e. The minimum Gasteiger partial charge on any atom is -0.356 e. The number of nitrogens with zero attached hydrogens (tertiary/aromatic N) is 4. The van der Waals surface area contributed by atoms with Crippen molar-refractivity contribution in [2.45, 2.75) is 45.9 Å². The van der Waals surface area contributed by atoms with Gasteiger partial charge in [0, 0.05) is 49.4 Å². The molecule has 23 heavy (non-hydrogen) atoms. The Labute approximate surface area is 144 Å². The maximum atomic E-state index is 4.55. The van der Waals surface area contributed by atoms with Crippen LogP contribution in [0, 0.1) is 19.8 Å². The second-order valence-corrected chi connectivity index (χ2v) is 8.97. The summed E-state index contributed by atoms with van der Waals surface area (Å²) in [5.41, 5.74) is 2.32. The molecule has 0 spiro atoms.